The molecule has 0 spiro atoms. The molecular weight excluding hydrogens is 521 g/mol. The van der Waals surface area contributed by atoms with Gasteiger partial charge in [0.25, 0.3) is 5.89 Å². The van der Waals surface area contributed by atoms with Crippen LogP contribution in [0.15, 0.2) is 44.1 Å². The van der Waals surface area contributed by atoms with Crippen molar-refractivity contribution in [3.05, 3.63) is 69.5 Å². The first-order valence-corrected chi connectivity index (χ1v) is 11.9. The number of nitrogens with zero attached hydrogens (tertiary/aromatic N) is 6. The maximum Gasteiger partial charge on any atom is 0.437 e. The number of pyridine rings is 1. The number of fused-ring (bicyclic) bond motifs is 1. The van der Waals surface area contributed by atoms with Crippen molar-refractivity contribution in [1.82, 2.24) is 29.9 Å². The van der Waals surface area contributed by atoms with Gasteiger partial charge < -0.3 is 18.5 Å². The summed E-state index contributed by atoms with van der Waals surface area (Å²) in [6.45, 7) is 5.95. The molecule has 204 valence electrons. The molecule has 0 saturated heterocycles. The van der Waals surface area contributed by atoms with E-state index in [1.165, 1.54) is 0 Å². The number of carbonyl (C=O) groups excluding carboxylic acids is 1. The number of hydrogen-bond donors (Lipinski definition) is 0. The van der Waals surface area contributed by atoms with Gasteiger partial charge in [-0.05, 0) is 56.5 Å². The van der Waals surface area contributed by atoms with Gasteiger partial charge in [0.2, 0.25) is 11.8 Å². The molecule has 1 amide bonds. The van der Waals surface area contributed by atoms with E-state index in [1.807, 2.05) is 32.9 Å². The highest BCUT2D eigenvalue weighted by molar-refractivity contribution is 5.69. The van der Waals surface area contributed by atoms with E-state index in [-0.39, 0.29) is 35.7 Å². The van der Waals surface area contributed by atoms with Gasteiger partial charge in [-0.25, -0.2) is 14.0 Å². The third-order valence-electron chi connectivity index (χ3n) is 5.81. The van der Waals surface area contributed by atoms with Gasteiger partial charge in [0.05, 0.1) is 17.8 Å². The summed E-state index contributed by atoms with van der Waals surface area (Å²) in [6, 6.07) is 6.38. The predicted octanol–water partition coefficient (Wildman–Crippen LogP) is 4.37. The van der Waals surface area contributed by atoms with Crippen LogP contribution < -0.4 is 5.76 Å². The fourth-order valence-corrected chi connectivity index (χ4v) is 3.97. The zero-order valence-electron chi connectivity index (χ0n) is 21.2. The first-order chi connectivity index (χ1) is 18.5. The van der Waals surface area contributed by atoms with Crippen LogP contribution in [-0.2, 0) is 24.2 Å². The zero-order chi connectivity index (χ0) is 27.9. The van der Waals surface area contributed by atoms with Gasteiger partial charge in [-0.3, -0.25) is 4.98 Å². The fraction of sp³-hybridized carbons (Fsp3) is 0.360. The van der Waals surface area contributed by atoms with Crippen molar-refractivity contribution in [3.8, 4) is 22.9 Å². The summed E-state index contributed by atoms with van der Waals surface area (Å²) in [7, 11) is 0. The van der Waals surface area contributed by atoms with Crippen LogP contribution >= 0.6 is 0 Å². The zero-order valence-corrected chi connectivity index (χ0v) is 21.2. The Labute approximate surface area is 219 Å². The van der Waals surface area contributed by atoms with E-state index in [1.54, 1.807) is 11.0 Å². The Kier molecular flexibility index (Phi) is 6.70. The van der Waals surface area contributed by atoms with Gasteiger partial charge in [-0.15, -0.1) is 15.3 Å². The van der Waals surface area contributed by atoms with E-state index < -0.39 is 29.5 Å². The third kappa shape index (κ3) is 5.68. The molecule has 39 heavy (non-hydrogen) atoms. The van der Waals surface area contributed by atoms with Crippen LogP contribution in [-0.4, -0.2) is 48.1 Å². The fourth-order valence-electron chi connectivity index (χ4n) is 3.97. The smallest absolute Gasteiger partial charge is 0.437 e. The molecule has 0 aliphatic carbocycles. The van der Waals surface area contributed by atoms with E-state index in [2.05, 4.69) is 20.3 Å². The van der Waals surface area contributed by atoms with Crippen LogP contribution in [0.1, 0.15) is 49.9 Å². The number of rotatable bonds is 5. The number of halogens is 3. The topological polar surface area (TPSA) is 129 Å². The quantitative estimate of drug-likeness (QED) is 0.360. The highest BCUT2D eigenvalue weighted by Gasteiger charge is 2.26. The molecule has 0 bridgehead atoms. The van der Waals surface area contributed by atoms with E-state index in [0.29, 0.717) is 25.1 Å². The Bertz CT molecular complexity index is 1590. The van der Waals surface area contributed by atoms with Crippen LogP contribution in [0, 0.1) is 5.82 Å². The lowest BCUT2D eigenvalue weighted by Crippen LogP contribution is -2.39. The Morgan fingerprint density at radius 3 is 2.59 bits per heavy atom. The molecule has 1 aromatic carbocycles. The summed E-state index contributed by atoms with van der Waals surface area (Å²) in [5.74, 6) is -2.81. The van der Waals surface area contributed by atoms with Gasteiger partial charge in [-0.1, -0.05) is 6.07 Å². The van der Waals surface area contributed by atoms with Crippen LogP contribution in [0.2, 0.25) is 0 Å². The molecule has 14 heteroatoms. The van der Waals surface area contributed by atoms with Crippen molar-refractivity contribution >= 4 is 6.09 Å². The molecule has 0 fully saturated rings. The summed E-state index contributed by atoms with van der Waals surface area (Å²) in [5, 5.41) is 10.8. The highest BCUT2D eigenvalue weighted by atomic mass is 19.3. The summed E-state index contributed by atoms with van der Waals surface area (Å²) in [6.07, 6.45) is -1.60. The van der Waals surface area contributed by atoms with Crippen molar-refractivity contribution < 1.29 is 31.5 Å². The second-order valence-corrected chi connectivity index (χ2v) is 9.86. The molecule has 0 atom stereocenters. The molecule has 1 aliphatic rings. The Morgan fingerprint density at radius 2 is 1.90 bits per heavy atom. The van der Waals surface area contributed by atoms with Gasteiger partial charge in [0.1, 0.15) is 11.4 Å². The van der Waals surface area contributed by atoms with E-state index >= 15 is 0 Å². The molecule has 4 aromatic rings. The highest BCUT2D eigenvalue weighted by Crippen LogP contribution is 2.27. The average molecular weight is 544 g/mol. The average Bonchev–Trinajstić information content (AvgIpc) is 3.51. The minimum absolute atomic E-state index is 0.00290. The minimum Gasteiger partial charge on any atom is -0.444 e. The van der Waals surface area contributed by atoms with E-state index in [9.17, 15) is 22.8 Å². The molecule has 0 saturated carbocycles. The number of aromatic nitrogens is 5. The monoisotopic (exact) mass is 544 g/mol. The molecular formula is C25H23F3N6O5. The Balaban J connectivity index is 1.31. The number of benzene rings is 1. The summed E-state index contributed by atoms with van der Waals surface area (Å²) >= 11 is 0. The van der Waals surface area contributed by atoms with Gasteiger partial charge in [0.15, 0.2) is 0 Å². The molecule has 0 N–H and O–H groups in total. The van der Waals surface area contributed by atoms with E-state index in [0.717, 1.165) is 28.1 Å². The maximum atomic E-state index is 14.7. The van der Waals surface area contributed by atoms with Crippen molar-refractivity contribution in [2.24, 2.45) is 0 Å². The number of amides is 1. The SMILES string of the molecule is CC(C)(C)OC(=O)N1CCc2cc(-c3nn(Cc4ncc(-c5nnc(C(F)F)o5)cc4F)c(=O)o3)ccc2C1. The molecule has 5 rings (SSSR count). The second kappa shape index (κ2) is 10.0. The molecule has 0 unspecified atom stereocenters. The maximum absolute atomic E-state index is 14.7. The first kappa shape index (κ1) is 26.1. The Morgan fingerprint density at radius 1 is 1.10 bits per heavy atom. The van der Waals surface area contributed by atoms with Crippen LogP contribution in [0.25, 0.3) is 22.9 Å². The van der Waals surface area contributed by atoms with Crippen molar-refractivity contribution in [3.63, 3.8) is 0 Å². The molecule has 11 nitrogen and oxygen atoms in total. The lowest BCUT2D eigenvalue weighted by molar-refractivity contribution is 0.0224. The second-order valence-electron chi connectivity index (χ2n) is 9.86. The van der Waals surface area contributed by atoms with E-state index in [4.69, 9.17) is 13.6 Å². The molecule has 4 heterocycles. The number of carbonyl (C=O) groups is 1. The summed E-state index contributed by atoms with van der Waals surface area (Å²) in [4.78, 5) is 30.4. The van der Waals surface area contributed by atoms with Crippen molar-refractivity contribution in [2.75, 3.05) is 6.54 Å². The first-order valence-electron chi connectivity index (χ1n) is 11.9. The third-order valence-corrected chi connectivity index (χ3v) is 5.81. The van der Waals surface area contributed by atoms with Gasteiger partial charge in [-0.2, -0.15) is 13.5 Å². The molecule has 1 aliphatic heterocycles. The lowest BCUT2D eigenvalue weighted by Gasteiger charge is -2.31. The number of ether oxygens (including phenoxy) is 1. The lowest BCUT2D eigenvalue weighted by atomic mass is 9.97. The van der Waals surface area contributed by atoms with Crippen molar-refractivity contribution in [1.29, 1.82) is 0 Å². The van der Waals surface area contributed by atoms with Crippen molar-refractivity contribution in [2.45, 2.75) is 52.3 Å². The predicted molar refractivity (Wildman–Crippen MR) is 128 cm³/mol. The summed E-state index contributed by atoms with van der Waals surface area (Å²) in [5.41, 5.74) is 1.73. The van der Waals surface area contributed by atoms with Gasteiger partial charge in [0, 0.05) is 24.8 Å². The largest absolute Gasteiger partial charge is 0.444 e. The van der Waals surface area contributed by atoms with Gasteiger partial charge >= 0.3 is 18.3 Å². The van der Waals surface area contributed by atoms with Crippen LogP contribution in [0.4, 0.5) is 18.0 Å². The summed E-state index contributed by atoms with van der Waals surface area (Å²) < 4.78 is 56.5. The normalized spacial score (nSPS) is 13.6. The molecule has 3 aromatic heterocycles. The number of hydrogen-bond acceptors (Lipinski definition) is 9. The number of alkyl halides is 2. The van der Waals surface area contributed by atoms with Crippen LogP contribution in [0.5, 0.6) is 0 Å². The van der Waals surface area contributed by atoms with Crippen LogP contribution in [0.3, 0.4) is 0 Å². The minimum atomic E-state index is -2.96. The standard InChI is InChI=1S/C25H23F3N6O5/c1-25(2,3)39-23(35)33-7-6-13-8-14(4-5-15(13)11-33)21-32-34(24(36)38-21)12-18-17(26)9-16(10-29-18)20-30-31-22(37-20)19(27)28/h4-5,8-10,19H,6-7,11-12H2,1-3H3. The Hall–Kier alpha value is -4.49. The molecule has 0 radical (unpaired) electrons.